The van der Waals surface area contributed by atoms with Crippen LogP contribution in [0.2, 0.25) is 0 Å². The van der Waals surface area contributed by atoms with Crippen LogP contribution in [0.4, 0.5) is 0 Å². The van der Waals surface area contributed by atoms with Gasteiger partial charge >= 0.3 is 29.6 Å². The van der Waals surface area contributed by atoms with Gasteiger partial charge in [0.2, 0.25) is 10.4 Å². The van der Waals surface area contributed by atoms with Crippen molar-refractivity contribution in [3.63, 3.8) is 0 Å². The van der Waals surface area contributed by atoms with Gasteiger partial charge in [0.1, 0.15) is 0 Å². The molecule has 0 radical (unpaired) electrons. The zero-order valence-corrected chi connectivity index (χ0v) is 26.2. The minimum absolute atomic E-state index is 0. The third-order valence-corrected chi connectivity index (χ3v) is 12.1. The van der Waals surface area contributed by atoms with Gasteiger partial charge in [0.15, 0.2) is 0 Å². The first-order valence-corrected chi connectivity index (χ1v) is 15.5. The van der Waals surface area contributed by atoms with Gasteiger partial charge in [-0.15, -0.1) is 0 Å². The van der Waals surface area contributed by atoms with Crippen molar-refractivity contribution < 1.29 is 72.2 Å². The van der Waals surface area contributed by atoms with E-state index < -0.39 is 47.8 Å². The first kappa shape index (κ1) is 33.2. The van der Waals surface area contributed by atoms with Crippen molar-refractivity contribution >= 4 is 10.4 Å². The molecule has 0 saturated heterocycles. The summed E-state index contributed by atoms with van der Waals surface area (Å²) in [6.07, 6.45) is 4.42. The quantitative estimate of drug-likeness (QED) is 0.130. The van der Waals surface area contributed by atoms with Gasteiger partial charge in [-0.25, -0.2) is 8.42 Å². The Balaban J connectivity index is 0.00000400. The Hall–Kier alpha value is 0.670. The third-order valence-electron chi connectivity index (χ3n) is 11.6. The van der Waals surface area contributed by atoms with Crippen molar-refractivity contribution in [1.82, 2.24) is 0 Å². The van der Waals surface area contributed by atoms with E-state index in [9.17, 15) is 38.5 Å². The third kappa shape index (κ3) is 6.21. The zero-order chi connectivity index (χ0) is 27.3. The van der Waals surface area contributed by atoms with Crippen LogP contribution < -0.4 is 29.6 Å². The number of hydrogen-bond donors (Lipinski definition) is 5. The average Bonchev–Trinajstić information content (AvgIpc) is 3.17. The van der Waals surface area contributed by atoms with Crippen LogP contribution in [0.1, 0.15) is 78.6 Å². The van der Waals surface area contributed by atoms with Gasteiger partial charge in [0, 0.05) is 5.92 Å². The Labute approximate surface area is 250 Å². The largest absolute Gasteiger partial charge is 1.00 e. The maximum Gasteiger partial charge on any atom is 1.00 e. The molecule has 5 N–H and O–H groups in total. The van der Waals surface area contributed by atoms with E-state index in [2.05, 4.69) is 25.0 Å². The van der Waals surface area contributed by atoms with Gasteiger partial charge in [-0.05, 0) is 104 Å². The van der Waals surface area contributed by atoms with Crippen LogP contribution in [0.25, 0.3) is 0 Å². The molecule has 216 valence electrons. The summed E-state index contributed by atoms with van der Waals surface area (Å²) in [6.45, 7) is 5.56. The Morgan fingerprint density at radius 2 is 1.71 bits per heavy atom. The van der Waals surface area contributed by atoms with Gasteiger partial charge in [0.25, 0.3) is 0 Å². The number of aliphatic hydroxyl groups excluding tert-OH is 5. The molecule has 0 aromatic rings. The fourth-order valence-corrected chi connectivity index (χ4v) is 9.80. The fraction of sp³-hybridized carbons (Fsp3) is 1.00. The molecule has 0 aromatic carbocycles. The van der Waals surface area contributed by atoms with Crippen LogP contribution in [-0.2, 0) is 14.6 Å². The number of fused-ring (bicyclic) bond motifs is 5. The van der Waals surface area contributed by atoms with Gasteiger partial charge in [-0.1, -0.05) is 20.8 Å². The van der Waals surface area contributed by atoms with Gasteiger partial charge in [-0.2, -0.15) is 0 Å². The molecule has 9 nitrogen and oxygen atoms in total. The molecule has 11 heteroatoms. The van der Waals surface area contributed by atoms with Crippen molar-refractivity contribution in [3.05, 3.63) is 0 Å². The van der Waals surface area contributed by atoms with E-state index in [1.54, 1.807) is 0 Å². The van der Waals surface area contributed by atoms with Gasteiger partial charge in [0.05, 0.1) is 37.6 Å². The molecule has 38 heavy (non-hydrogen) atoms. The molecule has 4 fully saturated rings. The van der Waals surface area contributed by atoms with E-state index in [0.717, 1.165) is 32.1 Å². The molecule has 0 unspecified atom stereocenters. The minimum atomic E-state index is -4.90. The second-order valence-electron chi connectivity index (χ2n) is 13.3. The standard InChI is InChI=1S/C27H48O9S.Na/c1-15(4-7-22(30)16(13-28)14-36-37(33,34)35)19-5-6-20-25-21(12-24(32)27(19,20)3)26(2)9-8-18(29)10-17(26)11-23(25)31;/h15-25,28-32H,4-14H2,1-3H3,(H,33,34,35);/q;+1/p-1/t15-,16+,17+,18-,19-,20+,21+,22+,23-,24+,25+,26+,27-;/m1./s1. The molecular weight excluding hydrogens is 523 g/mol. The number of aliphatic hydroxyl groups is 5. The van der Waals surface area contributed by atoms with Crippen LogP contribution in [0.15, 0.2) is 0 Å². The zero-order valence-electron chi connectivity index (χ0n) is 23.4. The Morgan fingerprint density at radius 1 is 1.03 bits per heavy atom. The van der Waals surface area contributed by atoms with Crippen molar-refractivity contribution in [2.75, 3.05) is 13.2 Å². The molecule has 0 bridgehead atoms. The van der Waals surface area contributed by atoms with E-state index >= 15 is 0 Å². The van der Waals surface area contributed by atoms with E-state index in [1.807, 2.05) is 0 Å². The van der Waals surface area contributed by atoms with Crippen molar-refractivity contribution in [2.45, 2.75) is 103 Å². The summed E-state index contributed by atoms with van der Waals surface area (Å²) in [5.74, 6) is 0.355. The molecule has 0 aromatic heterocycles. The van der Waals surface area contributed by atoms with E-state index in [1.165, 1.54) is 0 Å². The molecule has 0 aliphatic heterocycles. The van der Waals surface area contributed by atoms with Crippen molar-refractivity contribution in [2.24, 2.45) is 52.3 Å². The van der Waals surface area contributed by atoms with E-state index in [0.29, 0.717) is 25.7 Å². The van der Waals surface area contributed by atoms with Crippen molar-refractivity contribution in [3.8, 4) is 0 Å². The second-order valence-corrected chi connectivity index (χ2v) is 14.3. The van der Waals surface area contributed by atoms with Gasteiger partial charge in [-0.3, -0.25) is 4.18 Å². The van der Waals surface area contributed by atoms with E-state index in [4.69, 9.17) is 0 Å². The average molecular weight is 571 g/mol. The molecular formula is C27H47NaO9S. The Bertz CT molecular complexity index is 905. The minimum Gasteiger partial charge on any atom is -0.726 e. The molecule has 0 heterocycles. The fourth-order valence-electron chi connectivity index (χ4n) is 9.46. The van der Waals surface area contributed by atoms with Crippen LogP contribution >= 0.6 is 0 Å². The molecule has 4 rings (SSSR count). The first-order chi connectivity index (χ1) is 17.2. The number of rotatable bonds is 9. The monoisotopic (exact) mass is 570 g/mol. The summed E-state index contributed by atoms with van der Waals surface area (Å²) in [4.78, 5) is 0. The molecule has 13 atom stereocenters. The summed E-state index contributed by atoms with van der Waals surface area (Å²) in [5.41, 5.74) is -0.321. The van der Waals surface area contributed by atoms with Crippen LogP contribution in [0.3, 0.4) is 0 Å². The predicted molar refractivity (Wildman–Crippen MR) is 135 cm³/mol. The summed E-state index contributed by atoms with van der Waals surface area (Å²) in [5, 5.41) is 53.4. The summed E-state index contributed by atoms with van der Waals surface area (Å²) >= 11 is 0. The summed E-state index contributed by atoms with van der Waals surface area (Å²) < 4.78 is 36.5. The molecule has 4 aliphatic carbocycles. The van der Waals surface area contributed by atoms with E-state index in [-0.39, 0.29) is 82.0 Å². The van der Waals surface area contributed by atoms with Crippen LogP contribution in [-0.4, -0.2) is 76.1 Å². The molecule has 0 amide bonds. The maximum atomic E-state index is 11.7. The predicted octanol–water partition coefficient (Wildman–Crippen LogP) is -1.19. The normalized spacial score (nSPS) is 45.2. The van der Waals surface area contributed by atoms with Crippen LogP contribution in [0.5, 0.6) is 0 Å². The second kappa shape index (κ2) is 12.5. The SMILES string of the molecule is C[C@H](CC[C@H](O)[C@@H](CO)COS(=O)(=O)[O-])[C@H]1CC[C@H]2[C@@H]3[C@H](O)C[C@@H]4C[C@H](O)CC[C@]4(C)[C@H]3C[C@H](O)[C@]12C.[Na+]. The van der Waals surface area contributed by atoms with Crippen LogP contribution in [0, 0.1) is 52.3 Å². The molecule has 0 spiro atoms. The smallest absolute Gasteiger partial charge is 0.726 e. The maximum absolute atomic E-state index is 11.7. The van der Waals surface area contributed by atoms with Gasteiger partial charge < -0.3 is 30.1 Å². The van der Waals surface area contributed by atoms with Crippen molar-refractivity contribution in [1.29, 1.82) is 0 Å². The topological polar surface area (TPSA) is 168 Å². The molecule has 4 aliphatic rings. The molecule has 4 saturated carbocycles. The Kier molecular flexibility index (Phi) is 10.9. The number of hydrogen-bond acceptors (Lipinski definition) is 9. The summed E-state index contributed by atoms with van der Waals surface area (Å²) in [6, 6.07) is 0. The first-order valence-electron chi connectivity index (χ1n) is 14.2. The summed E-state index contributed by atoms with van der Waals surface area (Å²) in [7, 11) is -4.90. The Morgan fingerprint density at radius 3 is 2.34 bits per heavy atom.